The Morgan fingerprint density at radius 1 is 0.322 bits per heavy atom. The normalized spacial score (nSPS) is 16.0. The van der Waals surface area contributed by atoms with Crippen molar-refractivity contribution < 1.29 is 65.9 Å². The molecular formula is C109H116F15N25. The third kappa shape index (κ3) is 26.4. The van der Waals surface area contributed by atoms with E-state index in [0.29, 0.717) is 62.8 Å². The summed E-state index contributed by atoms with van der Waals surface area (Å²) in [5, 5.41) is 37.5. The Morgan fingerprint density at radius 3 is 0.879 bits per heavy atom. The van der Waals surface area contributed by atoms with Crippen LogP contribution in [0, 0.1) is 0 Å². The number of hydrogen-bond donors (Lipinski definition) is 8. The predicted octanol–water partition coefficient (Wildman–Crippen LogP) is 27.6. The van der Waals surface area contributed by atoms with Gasteiger partial charge in [0.25, 0.3) is 0 Å². The fourth-order valence-electron chi connectivity index (χ4n) is 19.0. The number of hydrogen-bond acceptors (Lipinski definition) is 20. The van der Waals surface area contributed by atoms with Gasteiger partial charge in [-0.2, -0.15) is 91.3 Å². The number of fused-ring (bicyclic) bond motifs is 5. The average Bonchev–Trinajstić information content (AvgIpc) is 1.68. The van der Waals surface area contributed by atoms with Crippen molar-refractivity contribution in [3.8, 4) is 0 Å². The van der Waals surface area contributed by atoms with Crippen molar-refractivity contribution in [1.29, 1.82) is 0 Å². The first-order valence-corrected chi connectivity index (χ1v) is 49.2. The minimum Gasteiger partial charge on any atom is -0.399 e. The maximum absolute atomic E-state index is 13.2. The molecule has 5 aliphatic rings. The lowest BCUT2D eigenvalue weighted by atomic mass is 9.85. The van der Waals surface area contributed by atoms with E-state index in [1.54, 1.807) is 67.6 Å². The molecule has 5 aromatic carbocycles. The first kappa shape index (κ1) is 106. The summed E-state index contributed by atoms with van der Waals surface area (Å²) in [5.41, 5.74) is 32.8. The number of alkyl halides is 15. The number of nitrogens with zero attached hydrogens (tertiary/aromatic N) is 17. The Bertz CT molecular complexity index is 7450. The first-order chi connectivity index (χ1) is 70.9. The highest BCUT2D eigenvalue weighted by molar-refractivity contribution is 5.81. The topological polar surface area (TPSA) is 296 Å². The number of benzene rings is 5. The van der Waals surface area contributed by atoms with Crippen molar-refractivity contribution in [3.63, 3.8) is 0 Å². The first-order valence-electron chi connectivity index (χ1n) is 49.2. The summed E-state index contributed by atoms with van der Waals surface area (Å²) in [6.45, 7) is 24.4. The molecule has 0 radical (unpaired) electrons. The third-order valence-electron chi connectivity index (χ3n) is 27.3. The van der Waals surface area contributed by atoms with Gasteiger partial charge in [-0.3, -0.25) is 0 Å². The molecular weight excluding hydrogens is 1940 g/mol. The molecule has 0 amide bonds. The number of nitrogens with two attached hydrogens (primary N) is 3. The Morgan fingerprint density at radius 2 is 0.604 bits per heavy atom. The van der Waals surface area contributed by atoms with Crippen molar-refractivity contribution >= 4 is 96.0 Å². The summed E-state index contributed by atoms with van der Waals surface area (Å²) >= 11 is 0. The van der Waals surface area contributed by atoms with Crippen LogP contribution < -0.4 is 43.8 Å². The Hall–Kier alpha value is -15.4. The van der Waals surface area contributed by atoms with Gasteiger partial charge in [0.2, 0.25) is 0 Å². The maximum atomic E-state index is 13.2. The van der Waals surface area contributed by atoms with Gasteiger partial charge in [-0.25, -0.2) is 47.5 Å². The summed E-state index contributed by atoms with van der Waals surface area (Å²) < 4.78 is 205. The van der Waals surface area contributed by atoms with Gasteiger partial charge in [0, 0.05) is 85.6 Å². The lowest BCUT2D eigenvalue weighted by molar-refractivity contribution is -0.138. The molecule has 782 valence electrons. The van der Waals surface area contributed by atoms with Crippen LogP contribution in [-0.2, 0) is 30.9 Å². The Kier molecular flexibility index (Phi) is 32.2. The van der Waals surface area contributed by atoms with Crippen LogP contribution in [0.4, 0.5) is 112 Å². The van der Waals surface area contributed by atoms with Crippen LogP contribution in [0.15, 0.2) is 245 Å². The quantitative estimate of drug-likeness (QED) is 0.0231. The van der Waals surface area contributed by atoms with Gasteiger partial charge in [0.15, 0.2) is 29.1 Å². The van der Waals surface area contributed by atoms with Gasteiger partial charge in [0.1, 0.15) is 59.2 Å². The molecule has 1 fully saturated rings. The standard InChI is InChI=1S/C23H25F3N6.C23H24F3N5.C21H24F3N5.C21H22F3N5.C21H21F3N4/c1-14(2)31-6-4-16(5-7-31)18-10-21-22(28-13-29-32(21)12-18)30-15(3)17-8-19(23(24,25)26)11-20(27)9-17;1-15(2)30-9-7-17(8-10-30)19-12-21-22(27-14-28-31(21)13-19)29-16(3)18-5-4-6-20(11-18)23(24,25)26;2*1-13(15-7-17(21(22,23)24)10-18(25)8-15)28-20-19-9-16(11-29(19)27-12-26-20)14-5-3-2-4-6-14;1-14(16-8-5-9-18(10-16)21(22,23)24)27-20-19-11-17(12-28(19)26-13-25-20)15-6-3-2-4-7-15/h4,8-13,15H,1,5-7,27H2,2-3H3,(H,28,29,30);4-7,11-14,16H,1,8-10H2,2-3H3,(H,27,28,29);7-14H,2-6,25H2,1H3,(H,26,27,28);5,7-13H,2-4,6,25H2,1H3,(H,26,27,28);5-6,8-14H,2-4,7H2,1H3,(H,25,26,27)/t15-;16-;2*13-;14-/m11111/s1. The summed E-state index contributed by atoms with van der Waals surface area (Å²) in [7, 11) is 0. The molecule has 5 atom stereocenters. The zero-order chi connectivity index (χ0) is 106. The largest absolute Gasteiger partial charge is 0.416 e. The van der Waals surface area contributed by atoms with E-state index >= 15 is 0 Å². The highest BCUT2D eigenvalue weighted by Gasteiger charge is 2.37. The number of rotatable bonds is 22. The van der Waals surface area contributed by atoms with Gasteiger partial charge in [-0.05, 0) is 319 Å². The van der Waals surface area contributed by atoms with Gasteiger partial charge in [0.05, 0.1) is 58.0 Å². The second-order valence-electron chi connectivity index (χ2n) is 38.2. The monoisotopic (exact) mass is 2060 g/mol. The van der Waals surface area contributed by atoms with E-state index in [1.807, 2.05) is 82.9 Å². The third-order valence-corrected chi connectivity index (χ3v) is 27.3. The second kappa shape index (κ2) is 45.1. The zero-order valence-corrected chi connectivity index (χ0v) is 83.1. The van der Waals surface area contributed by atoms with Gasteiger partial charge in [-0.1, -0.05) is 81.0 Å². The average molecular weight is 2060 g/mol. The summed E-state index contributed by atoms with van der Waals surface area (Å²) in [4.78, 5) is 26.1. The molecule has 1 saturated carbocycles. The number of nitrogen functional groups attached to an aromatic ring is 3. The maximum Gasteiger partial charge on any atom is 0.416 e. The van der Waals surface area contributed by atoms with Crippen LogP contribution >= 0.6 is 0 Å². The van der Waals surface area contributed by atoms with Crippen LogP contribution in [-0.4, -0.2) is 109 Å². The summed E-state index contributed by atoms with van der Waals surface area (Å²) in [6.07, 6.45) is 20.8. The number of allylic oxidation sites excluding steroid dienone is 6. The second-order valence-corrected chi connectivity index (χ2v) is 38.2. The lowest BCUT2D eigenvalue weighted by Gasteiger charge is -2.28. The van der Waals surface area contributed by atoms with Crippen molar-refractivity contribution in [2.45, 2.75) is 212 Å². The molecule has 11 N–H and O–H groups in total. The van der Waals surface area contributed by atoms with Crippen LogP contribution in [0.3, 0.4) is 0 Å². The van der Waals surface area contributed by atoms with E-state index in [-0.39, 0.29) is 29.1 Å². The fraction of sp³-hybridized carbons (Fsp3) is 0.339. The molecule has 0 spiro atoms. The fourth-order valence-corrected chi connectivity index (χ4v) is 19.0. The Balaban J connectivity index is 0.000000133. The van der Waals surface area contributed by atoms with Crippen LogP contribution in [0.25, 0.3) is 49.9 Å². The number of halogens is 15. The number of anilines is 8. The van der Waals surface area contributed by atoms with Crippen molar-refractivity contribution in [2.24, 2.45) is 0 Å². The van der Waals surface area contributed by atoms with E-state index in [1.165, 1.54) is 148 Å². The SMILES string of the molecule is C=C(C)N1CC=C(c2cc3c(N[C@H](C)c4cc(N)cc(C(F)(F)F)c4)ncnn3c2)CC1.C=C(C)N1CC=C(c2cc3c(N[C@H](C)c4cccc(C(F)(F)F)c4)ncnn3c2)CC1.C[C@@H](Nc1ncnn2cc(C3=CCCCC3)cc12)c1cc(N)cc(C(F)(F)F)c1.C[C@@H](Nc1ncnn2cc(C3=CCCCC3)cc12)c1cccc(C(F)(F)F)c1.C[C@@H](Nc1ncnn2cc(C3CCCCC3)cc12)c1cc(N)cc(C(F)(F)F)c1. The molecule has 12 heterocycles. The van der Waals surface area contributed by atoms with E-state index in [2.05, 4.69) is 130 Å². The number of nitrogens with one attached hydrogen (secondary N) is 5. The molecule has 0 unspecified atom stereocenters. The molecule has 0 bridgehead atoms. The molecule has 0 saturated heterocycles. The molecule has 15 aromatic rings. The van der Waals surface area contributed by atoms with Crippen LogP contribution in [0.5, 0.6) is 0 Å². The highest BCUT2D eigenvalue weighted by Crippen LogP contribution is 2.44. The van der Waals surface area contributed by atoms with E-state index < -0.39 is 76.8 Å². The van der Waals surface area contributed by atoms with E-state index in [4.69, 9.17) is 17.2 Å². The lowest BCUT2D eigenvalue weighted by Crippen LogP contribution is -2.26. The van der Waals surface area contributed by atoms with E-state index in [0.717, 1.165) is 174 Å². The molecule has 25 nitrogen and oxygen atoms in total. The molecule has 20 rings (SSSR count). The van der Waals surface area contributed by atoms with Crippen molar-refractivity contribution in [2.75, 3.05) is 70.0 Å². The van der Waals surface area contributed by atoms with Gasteiger partial charge >= 0.3 is 30.9 Å². The van der Waals surface area contributed by atoms with Crippen LogP contribution in [0.2, 0.25) is 0 Å². The van der Waals surface area contributed by atoms with Crippen molar-refractivity contribution in [3.05, 3.63) is 328 Å². The van der Waals surface area contributed by atoms with Crippen molar-refractivity contribution in [1.82, 2.24) is 82.8 Å². The summed E-state index contributed by atoms with van der Waals surface area (Å²) in [5.74, 6) is 3.39. The minimum atomic E-state index is -4.46. The van der Waals surface area contributed by atoms with Gasteiger partial charge < -0.3 is 53.6 Å². The molecule has 149 heavy (non-hydrogen) atoms. The summed E-state index contributed by atoms with van der Waals surface area (Å²) in [6, 6.07) is 29.7. The molecule has 10 aromatic heterocycles. The Labute approximate surface area is 850 Å². The molecule has 3 aliphatic carbocycles. The van der Waals surface area contributed by atoms with Gasteiger partial charge in [-0.15, -0.1) is 0 Å². The minimum absolute atomic E-state index is 0.0642. The molecule has 2 aliphatic heterocycles. The number of aromatic nitrogens is 15. The predicted molar refractivity (Wildman–Crippen MR) is 552 cm³/mol. The van der Waals surface area contributed by atoms with Crippen LogP contribution in [0.1, 0.15) is 264 Å². The van der Waals surface area contributed by atoms with E-state index in [9.17, 15) is 65.9 Å². The molecule has 40 heteroatoms. The zero-order valence-electron chi connectivity index (χ0n) is 83.1. The highest BCUT2D eigenvalue weighted by atomic mass is 19.4. The smallest absolute Gasteiger partial charge is 0.399 e.